The molecule has 2 aromatic heterocycles. The highest BCUT2D eigenvalue weighted by molar-refractivity contribution is 9.10. The van der Waals surface area contributed by atoms with Gasteiger partial charge in [-0.25, -0.2) is 9.78 Å². The lowest BCUT2D eigenvalue weighted by Crippen LogP contribution is -2.08. The first-order chi connectivity index (χ1) is 8.54. The van der Waals surface area contributed by atoms with E-state index < -0.39 is 5.97 Å². The molecule has 2 rings (SSSR count). The van der Waals surface area contributed by atoms with Crippen molar-refractivity contribution < 1.29 is 9.53 Å². The number of methoxy groups -OCH3 is 1. The number of esters is 1. The van der Waals surface area contributed by atoms with Gasteiger partial charge in [0.1, 0.15) is 16.0 Å². The van der Waals surface area contributed by atoms with Gasteiger partial charge < -0.3 is 9.72 Å². The number of hydrogen-bond acceptors (Lipinski definition) is 5. The Morgan fingerprint density at radius 1 is 1.61 bits per heavy atom. The fraction of sp³-hybridized carbons (Fsp3) is 0.182. The summed E-state index contributed by atoms with van der Waals surface area (Å²) < 4.78 is 5.86. The number of aromatic amines is 1. The largest absolute Gasteiger partial charge is 0.465 e. The van der Waals surface area contributed by atoms with Crippen LogP contribution < -0.4 is 0 Å². The van der Waals surface area contributed by atoms with Crippen LogP contribution in [0, 0.1) is 11.6 Å². The quantitative estimate of drug-likeness (QED) is 0.666. The predicted molar refractivity (Wildman–Crippen MR) is 76.5 cm³/mol. The van der Waals surface area contributed by atoms with Gasteiger partial charge in [-0.2, -0.15) is 0 Å². The number of nitrogens with one attached hydrogen (secondary N) is 1. The molecule has 7 heteroatoms. The Balaban J connectivity index is 2.60. The monoisotopic (exact) mass is 344 g/mol. The second-order valence-electron chi connectivity index (χ2n) is 3.48. The molecule has 0 bridgehead atoms. The van der Waals surface area contributed by atoms with E-state index in [1.54, 1.807) is 6.92 Å². The molecule has 0 spiro atoms. The first-order valence-electron chi connectivity index (χ1n) is 4.97. The normalized spacial score (nSPS) is 10.4. The zero-order valence-electron chi connectivity index (χ0n) is 9.61. The summed E-state index contributed by atoms with van der Waals surface area (Å²) in [4.78, 5) is 19.8. The van der Waals surface area contributed by atoms with E-state index in [0.29, 0.717) is 17.1 Å². The summed E-state index contributed by atoms with van der Waals surface area (Å²) in [5.41, 5.74) is 0.959. The maximum atomic E-state index is 11.6. The number of ether oxygens (including phenoxy) is 1. The molecule has 0 aromatic carbocycles. The van der Waals surface area contributed by atoms with Gasteiger partial charge in [0.2, 0.25) is 0 Å². The minimum absolute atomic E-state index is 0.244. The zero-order valence-corrected chi connectivity index (χ0v) is 12.8. The van der Waals surface area contributed by atoms with Gasteiger partial charge in [0.05, 0.1) is 12.0 Å². The van der Waals surface area contributed by atoms with E-state index in [1.807, 2.05) is 11.4 Å². The van der Waals surface area contributed by atoms with Crippen molar-refractivity contribution in [2.75, 3.05) is 7.11 Å². The molecule has 0 radical (unpaired) electrons. The second-order valence-corrected chi connectivity index (χ2v) is 5.64. The highest BCUT2D eigenvalue weighted by atomic mass is 79.9. The van der Waals surface area contributed by atoms with Gasteiger partial charge in [-0.1, -0.05) is 12.2 Å². The molecular weight excluding hydrogens is 336 g/mol. The minimum Gasteiger partial charge on any atom is -0.465 e. The van der Waals surface area contributed by atoms with Gasteiger partial charge in [-0.15, -0.1) is 11.3 Å². The highest BCUT2D eigenvalue weighted by Gasteiger charge is 2.16. The maximum Gasteiger partial charge on any atom is 0.342 e. The molecule has 0 aliphatic carbocycles. The van der Waals surface area contributed by atoms with Crippen molar-refractivity contribution in [1.29, 1.82) is 0 Å². The molecule has 0 aliphatic rings. The van der Waals surface area contributed by atoms with Crippen LogP contribution in [0.25, 0.3) is 10.7 Å². The molecule has 4 nitrogen and oxygen atoms in total. The van der Waals surface area contributed by atoms with Crippen molar-refractivity contribution in [3.63, 3.8) is 0 Å². The second kappa shape index (κ2) is 5.29. The van der Waals surface area contributed by atoms with Crippen molar-refractivity contribution in [2.24, 2.45) is 0 Å². The highest BCUT2D eigenvalue weighted by Crippen LogP contribution is 2.31. The summed E-state index contributed by atoms with van der Waals surface area (Å²) in [5.74, 6) is 0.171. The van der Waals surface area contributed by atoms with Crippen LogP contribution in [-0.2, 0) is 4.74 Å². The first kappa shape index (κ1) is 13.4. The summed E-state index contributed by atoms with van der Waals surface area (Å²) in [6, 6.07) is 1.93. The molecule has 2 heterocycles. The molecule has 0 saturated heterocycles. The van der Waals surface area contributed by atoms with E-state index >= 15 is 0 Å². The maximum absolute atomic E-state index is 11.6. The lowest BCUT2D eigenvalue weighted by atomic mass is 10.2. The Labute approximate surface area is 121 Å². The fourth-order valence-corrected chi connectivity index (χ4v) is 3.33. The minimum atomic E-state index is -0.474. The van der Waals surface area contributed by atoms with E-state index in [0.717, 1.165) is 9.35 Å². The number of thiophene rings is 1. The number of carbonyl (C=O) groups is 1. The first-order valence-corrected chi connectivity index (χ1v) is 7.05. The summed E-state index contributed by atoms with van der Waals surface area (Å²) in [5, 5.41) is 1.95. The summed E-state index contributed by atoms with van der Waals surface area (Å²) in [6.07, 6.45) is 0. The van der Waals surface area contributed by atoms with Crippen LogP contribution in [0.15, 0.2) is 15.9 Å². The van der Waals surface area contributed by atoms with Crippen molar-refractivity contribution in [2.45, 2.75) is 6.92 Å². The smallest absolute Gasteiger partial charge is 0.342 e. The van der Waals surface area contributed by atoms with E-state index in [2.05, 4.69) is 30.6 Å². The van der Waals surface area contributed by atoms with Gasteiger partial charge in [0.15, 0.2) is 0 Å². The fourth-order valence-electron chi connectivity index (χ4n) is 1.50. The van der Waals surface area contributed by atoms with E-state index in [1.165, 1.54) is 18.4 Å². The summed E-state index contributed by atoms with van der Waals surface area (Å²) in [7, 11) is 1.32. The van der Waals surface area contributed by atoms with Crippen molar-refractivity contribution in [3.8, 4) is 10.7 Å². The standard InChI is InChI=1S/C11H9BrN2O2S2/c1-5-7(11(15)16-2)10(17)14-9(13-5)8-6(12)3-4-18-8/h3-4H,1-2H3,(H,13,14,17). The Morgan fingerprint density at radius 2 is 2.33 bits per heavy atom. The number of hydrogen-bond donors (Lipinski definition) is 1. The Kier molecular flexibility index (Phi) is 3.94. The molecule has 0 unspecified atom stereocenters. The number of rotatable bonds is 2. The SMILES string of the molecule is COC(=O)c1c(C)[nH]c(-c2sccc2Br)nc1=S. The molecule has 94 valence electrons. The molecule has 0 saturated carbocycles. The average Bonchev–Trinajstić information content (AvgIpc) is 2.74. The molecule has 1 N–H and O–H groups in total. The van der Waals surface area contributed by atoms with Crippen LogP contribution in [0.2, 0.25) is 0 Å². The number of aromatic nitrogens is 2. The van der Waals surface area contributed by atoms with E-state index in [-0.39, 0.29) is 4.64 Å². The van der Waals surface area contributed by atoms with Gasteiger partial charge >= 0.3 is 5.97 Å². The van der Waals surface area contributed by atoms with Crippen LogP contribution in [0.4, 0.5) is 0 Å². The van der Waals surface area contributed by atoms with Crippen LogP contribution >= 0.6 is 39.5 Å². The zero-order chi connectivity index (χ0) is 13.3. The van der Waals surface area contributed by atoms with Crippen LogP contribution in [0.1, 0.15) is 16.1 Å². The van der Waals surface area contributed by atoms with E-state index in [9.17, 15) is 4.79 Å². The van der Waals surface area contributed by atoms with Crippen LogP contribution in [-0.4, -0.2) is 23.0 Å². The molecule has 2 aromatic rings. The lowest BCUT2D eigenvalue weighted by Gasteiger charge is -2.06. The molecule has 18 heavy (non-hydrogen) atoms. The Hall–Kier alpha value is -1.05. The average molecular weight is 345 g/mol. The third-order valence-corrected chi connectivity index (χ3v) is 4.47. The number of aryl methyl sites for hydroxylation is 1. The predicted octanol–water partition coefficient (Wildman–Crippen LogP) is 3.73. The third kappa shape index (κ3) is 2.38. The van der Waals surface area contributed by atoms with Crippen molar-refractivity contribution in [3.05, 3.63) is 31.8 Å². The number of halogens is 1. The van der Waals surface area contributed by atoms with Crippen molar-refractivity contribution in [1.82, 2.24) is 9.97 Å². The van der Waals surface area contributed by atoms with Gasteiger partial charge in [-0.05, 0) is 34.3 Å². The molecule has 0 atom stereocenters. The van der Waals surface area contributed by atoms with E-state index in [4.69, 9.17) is 12.2 Å². The summed E-state index contributed by atoms with van der Waals surface area (Å²) >= 11 is 10.1. The molecule has 0 amide bonds. The number of H-pyrrole nitrogens is 1. The van der Waals surface area contributed by atoms with Gasteiger partial charge in [0, 0.05) is 10.2 Å². The van der Waals surface area contributed by atoms with Gasteiger partial charge in [0.25, 0.3) is 0 Å². The van der Waals surface area contributed by atoms with Crippen molar-refractivity contribution >= 4 is 45.5 Å². The topological polar surface area (TPSA) is 55.0 Å². The third-order valence-electron chi connectivity index (χ3n) is 2.33. The van der Waals surface area contributed by atoms with Crippen LogP contribution in [0.5, 0.6) is 0 Å². The molecule has 0 fully saturated rings. The van der Waals surface area contributed by atoms with Crippen LogP contribution in [0.3, 0.4) is 0 Å². The lowest BCUT2D eigenvalue weighted by molar-refractivity contribution is 0.0598. The Bertz CT molecular complexity index is 663. The summed E-state index contributed by atoms with van der Waals surface area (Å²) in [6.45, 7) is 1.77. The molecule has 0 aliphatic heterocycles. The Morgan fingerprint density at radius 3 is 2.83 bits per heavy atom. The van der Waals surface area contributed by atoms with Gasteiger partial charge in [-0.3, -0.25) is 0 Å². The molecular formula is C11H9BrN2O2S2. The number of carbonyl (C=O) groups excluding carboxylic acids is 1. The number of nitrogens with zero attached hydrogens (tertiary/aromatic N) is 1.